The van der Waals surface area contributed by atoms with Gasteiger partial charge in [-0.05, 0) is 19.4 Å². The number of carbonyl (C=O) groups excluding carboxylic acids is 1. The minimum Gasteiger partial charge on any atom is -0.355 e. The molecule has 0 aromatic rings. The van der Waals surface area contributed by atoms with Crippen molar-refractivity contribution >= 4 is 18.5 Å². The number of hydrogen-bond acceptors (Lipinski definition) is 3. The zero-order valence-corrected chi connectivity index (χ0v) is 7.57. The standard InChI is InChI=1S/C7H16N2OS/c8-4-2-1-3-7(10)9-5-6-11/h11H,1-6,8H2,(H,9,10). The van der Waals surface area contributed by atoms with Crippen molar-refractivity contribution in [2.75, 3.05) is 18.8 Å². The molecule has 3 N–H and O–H groups in total. The summed E-state index contributed by atoms with van der Waals surface area (Å²) in [7, 11) is 0. The minimum absolute atomic E-state index is 0.104. The Labute approximate surface area is 73.1 Å². The van der Waals surface area contributed by atoms with E-state index in [1.165, 1.54) is 0 Å². The Balaban J connectivity index is 3.09. The van der Waals surface area contributed by atoms with E-state index in [-0.39, 0.29) is 5.91 Å². The molecule has 1 amide bonds. The monoisotopic (exact) mass is 176 g/mol. The van der Waals surface area contributed by atoms with Crippen LogP contribution in [0.5, 0.6) is 0 Å². The number of nitrogens with two attached hydrogens (primary N) is 1. The second kappa shape index (κ2) is 7.88. The van der Waals surface area contributed by atoms with Gasteiger partial charge in [0.05, 0.1) is 0 Å². The Hall–Kier alpha value is -0.220. The van der Waals surface area contributed by atoms with E-state index < -0.39 is 0 Å². The summed E-state index contributed by atoms with van der Waals surface area (Å²) in [5.74, 6) is 0.801. The lowest BCUT2D eigenvalue weighted by Gasteiger charge is -2.01. The topological polar surface area (TPSA) is 55.1 Å². The molecule has 0 rings (SSSR count). The molecule has 0 radical (unpaired) electrons. The molecule has 0 saturated heterocycles. The van der Waals surface area contributed by atoms with Gasteiger partial charge in [-0.1, -0.05) is 0 Å². The number of unbranched alkanes of at least 4 members (excludes halogenated alkanes) is 1. The molecule has 0 fully saturated rings. The summed E-state index contributed by atoms with van der Waals surface area (Å²) in [5.41, 5.74) is 5.27. The van der Waals surface area contributed by atoms with Crippen LogP contribution in [-0.4, -0.2) is 24.7 Å². The first-order valence-corrected chi connectivity index (χ1v) is 4.52. The molecule has 0 aromatic carbocycles. The molecule has 0 saturated carbocycles. The molecular formula is C7H16N2OS. The van der Waals surface area contributed by atoms with Gasteiger partial charge in [-0.25, -0.2) is 0 Å². The number of nitrogens with one attached hydrogen (secondary N) is 1. The normalized spacial score (nSPS) is 9.64. The average molecular weight is 176 g/mol. The number of rotatable bonds is 6. The zero-order chi connectivity index (χ0) is 8.53. The maximum Gasteiger partial charge on any atom is 0.220 e. The highest BCUT2D eigenvalue weighted by Gasteiger charge is 1.97. The molecule has 0 unspecified atom stereocenters. The Kier molecular flexibility index (Phi) is 7.72. The van der Waals surface area contributed by atoms with Crippen LogP contribution in [0.2, 0.25) is 0 Å². The molecule has 66 valence electrons. The van der Waals surface area contributed by atoms with Crippen molar-refractivity contribution in [3.63, 3.8) is 0 Å². The predicted octanol–water partition coefficient (Wildman–Crippen LogP) is 0.161. The molecule has 3 nitrogen and oxygen atoms in total. The second-order valence-electron chi connectivity index (χ2n) is 2.32. The zero-order valence-electron chi connectivity index (χ0n) is 6.68. The molecule has 0 atom stereocenters. The van der Waals surface area contributed by atoms with Gasteiger partial charge in [0.25, 0.3) is 0 Å². The molecule has 0 bridgehead atoms. The van der Waals surface area contributed by atoms with Crippen molar-refractivity contribution in [3.05, 3.63) is 0 Å². The van der Waals surface area contributed by atoms with E-state index in [4.69, 9.17) is 5.73 Å². The van der Waals surface area contributed by atoms with Gasteiger partial charge in [0, 0.05) is 18.7 Å². The lowest BCUT2D eigenvalue weighted by molar-refractivity contribution is -0.121. The van der Waals surface area contributed by atoms with Gasteiger partial charge in [-0.15, -0.1) is 0 Å². The molecular weight excluding hydrogens is 160 g/mol. The number of hydrogen-bond donors (Lipinski definition) is 3. The van der Waals surface area contributed by atoms with Crippen molar-refractivity contribution in [1.82, 2.24) is 5.32 Å². The molecule has 0 aromatic heterocycles. The van der Waals surface area contributed by atoms with Crippen LogP contribution < -0.4 is 11.1 Å². The summed E-state index contributed by atoms with van der Waals surface area (Å²) >= 11 is 3.97. The van der Waals surface area contributed by atoms with Crippen LogP contribution in [0.15, 0.2) is 0 Å². The van der Waals surface area contributed by atoms with Crippen molar-refractivity contribution in [3.8, 4) is 0 Å². The van der Waals surface area contributed by atoms with Gasteiger partial charge in [0.1, 0.15) is 0 Å². The number of thiol groups is 1. The van der Waals surface area contributed by atoms with Crippen LogP contribution in [0, 0.1) is 0 Å². The molecule has 0 aliphatic carbocycles. The number of amides is 1. The lowest BCUT2D eigenvalue weighted by atomic mass is 10.2. The quantitative estimate of drug-likeness (QED) is 0.399. The Morgan fingerprint density at radius 1 is 1.45 bits per heavy atom. The molecule has 11 heavy (non-hydrogen) atoms. The summed E-state index contributed by atoms with van der Waals surface area (Å²) in [5, 5.41) is 2.74. The summed E-state index contributed by atoms with van der Waals surface area (Å²) < 4.78 is 0. The van der Waals surface area contributed by atoms with Gasteiger partial charge in [-0.3, -0.25) is 4.79 Å². The van der Waals surface area contributed by atoms with E-state index in [1.54, 1.807) is 0 Å². The van der Waals surface area contributed by atoms with Gasteiger partial charge in [-0.2, -0.15) is 12.6 Å². The fraction of sp³-hybridized carbons (Fsp3) is 0.857. The first-order valence-electron chi connectivity index (χ1n) is 3.89. The largest absolute Gasteiger partial charge is 0.355 e. The fourth-order valence-electron chi connectivity index (χ4n) is 0.714. The summed E-state index contributed by atoms with van der Waals surface area (Å²) in [6, 6.07) is 0. The smallest absolute Gasteiger partial charge is 0.220 e. The lowest BCUT2D eigenvalue weighted by Crippen LogP contribution is -2.24. The van der Waals surface area contributed by atoms with E-state index >= 15 is 0 Å². The van der Waals surface area contributed by atoms with E-state index in [1.807, 2.05) is 0 Å². The van der Waals surface area contributed by atoms with Crippen LogP contribution >= 0.6 is 12.6 Å². The molecule has 0 aliphatic rings. The fourth-order valence-corrected chi connectivity index (χ4v) is 0.825. The highest BCUT2D eigenvalue weighted by molar-refractivity contribution is 7.80. The molecule has 0 spiro atoms. The van der Waals surface area contributed by atoms with Crippen molar-refractivity contribution in [2.45, 2.75) is 19.3 Å². The van der Waals surface area contributed by atoms with Gasteiger partial charge in [0.2, 0.25) is 5.91 Å². The third-order valence-corrected chi connectivity index (χ3v) is 1.52. The van der Waals surface area contributed by atoms with Crippen molar-refractivity contribution in [1.29, 1.82) is 0 Å². The van der Waals surface area contributed by atoms with Crippen LogP contribution in [0.4, 0.5) is 0 Å². The SMILES string of the molecule is NCCCCC(=O)NCCS. The van der Waals surface area contributed by atoms with Crippen molar-refractivity contribution in [2.24, 2.45) is 5.73 Å². The van der Waals surface area contributed by atoms with Crippen molar-refractivity contribution < 1.29 is 4.79 Å². The third kappa shape index (κ3) is 7.68. The van der Waals surface area contributed by atoms with E-state index in [0.717, 1.165) is 12.8 Å². The van der Waals surface area contributed by atoms with E-state index in [2.05, 4.69) is 17.9 Å². The molecule has 0 heterocycles. The summed E-state index contributed by atoms with van der Waals surface area (Å²) in [6.45, 7) is 1.32. The van der Waals surface area contributed by atoms with Gasteiger partial charge in [0.15, 0.2) is 0 Å². The Morgan fingerprint density at radius 2 is 2.18 bits per heavy atom. The van der Waals surface area contributed by atoms with Crippen LogP contribution in [0.1, 0.15) is 19.3 Å². The van der Waals surface area contributed by atoms with Crippen LogP contribution in [-0.2, 0) is 4.79 Å². The first kappa shape index (κ1) is 10.8. The molecule has 4 heteroatoms. The first-order chi connectivity index (χ1) is 5.31. The summed E-state index contributed by atoms with van der Waals surface area (Å²) in [6.07, 6.45) is 2.40. The Morgan fingerprint density at radius 3 is 2.73 bits per heavy atom. The number of carbonyl (C=O) groups is 1. The molecule has 0 aliphatic heterocycles. The maximum atomic E-state index is 10.9. The minimum atomic E-state index is 0.104. The highest BCUT2D eigenvalue weighted by Crippen LogP contribution is 1.92. The van der Waals surface area contributed by atoms with E-state index in [0.29, 0.717) is 25.3 Å². The predicted molar refractivity (Wildman–Crippen MR) is 49.8 cm³/mol. The third-order valence-electron chi connectivity index (χ3n) is 1.29. The highest BCUT2D eigenvalue weighted by atomic mass is 32.1. The summed E-state index contributed by atoms with van der Waals surface area (Å²) in [4.78, 5) is 10.9. The average Bonchev–Trinajstić information content (AvgIpc) is 2.01. The van der Waals surface area contributed by atoms with Crippen LogP contribution in [0.25, 0.3) is 0 Å². The van der Waals surface area contributed by atoms with E-state index in [9.17, 15) is 4.79 Å². The van der Waals surface area contributed by atoms with Gasteiger partial charge >= 0.3 is 0 Å². The maximum absolute atomic E-state index is 10.9. The van der Waals surface area contributed by atoms with Crippen LogP contribution in [0.3, 0.4) is 0 Å². The van der Waals surface area contributed by atoms with Gasteiger partial charge < -0.3 is 11.1 Å². The second-order valence-corrected chi connectivity index (χ2v) is 2.77. The Bertz CT molecular complexity index is 109.